The zero-order valence-corrected chi connectivity index (χ0v) is 11.3. The van der Waals surface area contributed by atoms with E-state index in [9.17, 15) is 0 Å². The predicted octanol–water partition coefficient (Wildman–Crippen LogP) is 3.36. The Morgan fingerprint density at radius 2 is 2.19 bits per heavy atom. The first kappa shape index (κ1) is 14.0. The van der Waals surface area contributed by atoms with Crippen LogP contribution in [0.1, 0.15) is 59.3 Å². The molecule has 96 valence electrons. The third kappa shape index (κ3) is 4.84. The van der Waals surface area contributed by atoms with Crippen molar-refractivity contribution in [1.82, 2.24) is 5.32 Å². The second kappa shape index (κ2) is 8.08. The van der Waals surface area contributed by atoms with Crippen LogP contribution in [0.15, 0.2) is 0 Å². The summed E-state index contributed by atoms with van der Waals surface area (Å²) in [6, 6.07) is 0.689. The highest BCUT2D eigenvalue weighted by Crippen LogP contribution is 2.20. The lowest BCUT2D eigenvalue weighted by Gasteiger charge is -2.25. The van der Waals surface area contributed by atoms with Gasteiger partial charge in [-0.3, -0.25) is 0 Å². The highest BCUT2D eigenvalue weighted by atomic mass is 16.5. The van der Waals surface area contributed by atoms with Gasteiger partial charge in [0.25, 0.3) is 0 Å². The summed E-state index contributed by atoms with van der Waals surface area (Å²) in [5.41, 5.74) is 0. The van der Waals surface area contributed by atoms with Crippen LogP contribution in [0.2, 0.25) is 0 Å². The molecule has 0 aromatic rings. The molecule has 16 heavy (non-hydrogen) atoms. The molecule has 2 nitrogen and oxygen atoms in total. The van der Waals surface area contributed by atoms with Gasteiger partial charge in [0.15, 0.2) is 0 Å². The minimum Gasteiger partial charge on any atom is -0.378 e. The van der Waals surface area contributed by atoms with Crippen LogP contribution in [0.25, 0.3) is 0 Å². The molecule has 3 atom stereocenters. The van der Waals surface area contributed by atoms with E-state index in [2.05, 4.69) is 26.1 Å². The quantitative estimate of drug-likeness (QED) is 0.686. The molecular weight excluding hydrogens is 198 g/mol. The van der Waals surface area contributed by atoms with Crippen molar-refractivity contribution in [3.63, 3.8) is 0 Å². The van der Waals surface area contributed by atoms with E-state index < -0.39 is 0 Å². The topological polar surface area (TPSA) is 21.3 Å². The molecule has 0 bridgehead atoms. The SMILES string of the molecule is CCCNC(CCC1CCCO1)C(C)CC. The van der Waals surface area contributed by atoms with E-state index in [0.29, 0.717) is 12.1 Å². The van der Waals surface area contributed by atoms with Crippen molar-refractivity contribution < 1.29 is 4.74 Å². The standard InChI is InChI=1S/C14H29NO/c1-4-10-15-14(12(3)5-2)9-8-13-7-6-11-16-13/h12-15H,4-11H2,1-3H3. The summed E-state index contributed by atoms with van der Waals surface area (Å²) in [4.78, 5) is 0. The number of ether oxygens (including phenoxy) is 1. The van der Waals surface area contributed by atoms with Gasteiger partial charge < -0.3 is 10.1 Å². The van der Waals surface area contributed by atoms with E-state index in [4.69, 9.17) is 4.74 Å². The molecule has 0 saturated carbocycles. The normalized spacial score (nSPS) is 24.6. The van der Waals surface area contributed by atoms with E-state index in [-0.39, 0.29) is 0 Å². The van der Waals surface area contributed by atoms with Gasteiger partial charge in [-0.25, -0.2) is 0 Å². The van der Waals surface area contributed by atoms with Crippen LogP contribution in [0.5, 0.6) is 0 Å². The molecule has 0 radical (unpaired) electrons. The van der Waals surface area contributed by atoms with Gasteiger partial charge in [-0.1, -0.05) is 27.2 Å². The van der Waals surface area contributed by atoms with Crippen LogP contribution in [-0.4, -0.2) is 25.3 Å². The Morgan fingerprint density at radius 1 is 1.38 bits per heavy atom. The second-order valence-corrected chi connectivity index (χ2v) is 5.16. The summed E-state index contributed by atoms with van der Waals surface area (Å²) >= 11 is 0. The Morgan fingerprint density at radius 3 is 2.75 bits per heavy atom. The van der Waals surface area contributed by atoms with Gasteiger partial charge in [0.2, 0.25) is 0 Å². The van der Waals surface area contributed by atoms with Crippen LogP contribution in [0.3, 0.4) is 0 Å². The van der Waals surface area contributed by atoms with Crippen LogP contribution in [0, 0.1) is 5.92 Å². The van der Waals surface area contributed by atoms with E-state index in [1.165, 1.54) is 38.5 Å². The zero-order valence-electron chi connectivity index (χ0n) is 11.3. The van der Waals surface area contributed by atoms with E-state index >= 15 is 0 Å². The highest BCUT2D eigenvalue weighted by molar-refractivity contribution is 4.75. The first-order chi connectivity index (χ1) is 7.77. The van der Waals surface area contributed by atoms with Crippen LogP contribution in [-0.2, 0) is 4.74 Å². The molecule has 0 amide bonds. The van der Waals surface area contributed by atoms with Crippen molar-refractivity contribution in [2.24, 2.45) is 5.92 Å². The molecule has 2 heteroatoms. The molecule has 1 aliphatic heterocycles. The van der Waals surface area contributed by atoms with Crippen molar-refractivity contribution in [1.29, 1.82) is 0 Å². The molecule has 1 N–H and O–H groups in total. The molecule has 1 aliphatic rings. The maximum absolute atomic E-state index is 5.69. The first-order valence-corrected chi connectivity index (χ1v) is 7.12. The van der Waals surface area contributed by atoms with Crippen LogP contribution < -0.4 is 5.32 Å². The Bertz CT molecular complexity index is 166. The number of hydrogen-bond acceptors (Lipinski definition) is 2. The van der Waals surface area contributed by atoms with Crippen molar-refractivity contribution in [3.8, 4) is 0 Å². The molecule has 1 fully saturated rings. The minimum absolute atomic E-state index is 0.551. The lowest BCUT2D eigenvalue weighted by molar-refractivity contribution is 0.0973. The van der Waals surface area contributed by atoms with Crippen molar-refractivity contribution >= 4 is 0 Å². The molecule has 0 aromatic heterocycles. The average molecular weight is 227 g/mol. The fraction of sp³-hybridized carbons (Fsp3) is 1.00. The summed E-state index contributed by atoms with van der Waals surface area (Å²) in [7, 11) is 0. The molecule has 1 heterocycles. The second-order valence-electron chi connectivity index (χ2n) is 5.16. The molecule has 1 rings (SSSR count). The molecule has 1 saturated heterocycles. The summed E-state index contributed by atoms with van der Waals surface area (Å²) in [5.74, 6) is 0.785. The summed E-state index contributed by atoms with van der Waals surface area (Å²) in [6.07, 6.45) is 8.11. The Kier molecular flexibility index (Phi) is 7.06. The summed E-state index contributed by atoms with van der Waals surface area (Å²) in [6.45, 7) is 9.03. The molecular formula is C14H29NO. The van der Waals surface area contributed by atoms with Crippen molar-refractivity contribution in [2.75, 3.05) is 13.2 Å². The molecule has 0 aliphatic carbocycles. The lowest BCUT2D eigenvalue weighted by atomic mass is 9.93. The third-order valence-corrected chi connectivity index (χ3v) is 3.81. The molecule has 0 aromatic carbocycles. The predicted molar refractivity (Wildman–Crippen MR) is 69.7 cm³/mol. The monoisotopic (exact) mass is 227 g/mol. The Hall–Kier alpha value is -0.0800. The number of hydrogen-bond donors (Lipinski definition) is 1. The smallest absolute Gasteiger partial charge is 0.0576 e. The zero-order chi connectivity index (χ0) is 11.8. The van der Waals surface area contributed by atoms with Crippen LogP contribution >= 0.6 is 0 Å². The van der Waals surface area contributed by atoms with Gasteiger partial charge in [0, 0.05) is 12.6 Å². The first-order valence-electron chi connectivity index (χ1n) is 7.12. The van der Waals surface area contributed by atoms with E-state index in [1.807, 2.05) is 0 Å². The fourth-order valence-electron chi connectivity index (χ4n) is 2.44. The molecule has 3 unspecified atom stereocenters. The highest BCUT2D eigenvalue weighted by Gasteiger charge is 2.20. The number of nitrogens with one attached hydrogen (secondary N) is 1. The van der Waals surface area contributed by atoms with Crippen molar-refractivity contribution in [3.05, 3.63) is 0 Å². The minimum atomic E-state index is 0.551. The van der Waals surface area contributed by atoms with Gasteiger partial charge >= 0.3 is 0 Å². The van der Waals surface area contributed by atoms with Crippen LogP contribution in [0.4, 0.5) is 0 Å². The third-order valence-electron chi connectivity index (χ3n) is 3.81. The van der Waals surface area contributed by atoms with E-state index in [1.54, 1.807) is 0 Å². The number of rotatable bonds is 8. The summed E-state index contributed by atoms with van der Waals surface area (Å²) < 4.78 is 5.69. The molecule has 0 spiro atoms. The Balaban J connectivity index is 2.24. The van der Waals surface area contributed by atoms with Gasteiger partial charge in [-0.05, 0) is 44.6 Å². The largest absolute Gasteiger partial charge is 0.378 e. The van der Waals surface area contributed by atoms with Crippen molar-refractivity contribution in [2.45, 2.75) is 71.4 Å². The van der Waals surface area contributed by atoms with Gasteiger partial charge in [0.05, 0.1) is 6.10 Å². The van der Waals surface area contributed by atoms with E-state index in [0.717, 1.165) is 19.1 Å². The Labute approximate surface area is 101 Å². The fourth-order valence-corrected chi connectivity index (χ4v) is 2.44. The van der Waals surface area contributed by atoms with Gasteiger partial charge in [-0.15, -0.1) is 0 Å². The van der Waals surface area contributed by atoms with Gasteiger partial charge in [-0.2, -0.15) is 0 Å². The maximum Gasteiger partial charge on any atom is 0.0576 e. The average Bonchev–Trinajstić information content (AvgIpc) is 2.81. The lowest BCUT2D eigenvalue weighted by Crippen LogP contribution is -2.36. The summed E-state index contributed by atoms with van der Waals surface area (Å²) in [5, 5.41) is 3.69. The maximum atomic E-state index is 5.69. The van der Waals surface area contributed by atoms with Gasteiger partial charge in [0.1, 0.15) is 0 Å².